The first-order chi connectivity index (χ1) is 10.9. The summed E-state index contributed by atoms with van der Waals surface area (Å²) in [6.45, 7) is 0.250. The summed E-state index contributed by atoms with van der Waals surface area (Å²) in [6.07, 6.45) is 1.27. The summed E-state index contributed by atoms with van der Waals surface area (Å²) in [5, 5.41) is 0. The molecule has 1 heterocycles. The number of nitrogens with zero attached hydrogens (tertiary/aromatic N) is 1. The molecule has 1 aliphatic heterocycles. The van der Waals surface area contributed by atoms with Gasteiger partial charge in [0.15, 0.2) is 7.60 Å². The molecule has 7 nitrogen and oxygen atoms in total. The molecule has 0 radical (unpaired) electrons. The van der Waals surface area contributed by atoms with Crippen LogP contribution in [-0.4, -0.2) is 35.9 Å². The average Bonchev–Trinajstić information content (AvgIpc) is 2.79. The summed E-state index contributed by atoms with van der Waals surface area (Å²) in [5.74, 6) is -0.629. The van der Waals surface area contributed by atoms with Gasteiger partial charge in [-0.3, -0.25) is 19.3 Å². The predicted molar refractivity (Wildman–Crippen MR) is 79.9 cm³/mol. The third-order valence-corrected chi connectivity index (χ3v) is 5.01. The Bertz CT molecular complexity index is 657. The van der Waals surface area contributed by atoms with Gasteiger partial charge in [-0.1, -0.05) is 18.6 Å². The van der Waals surface area contributed by atoms with Crippen molar-refractivity contribution < 1.29 is 47.2 Å². The topological polar surface area (TPSA) is 104 Å². The molecule has 1 unspecified atom stereocenters. The van der Waals surface area contributed by atoms with Crippen LogP contribution in [0.3, 0.4) is 0 Å². The molecule has 1 atom stereocenters. The Kier molecular flexibility index (Phi) is 7.59. The maximum atomic E-state index is 12.1. The van der Waals surface area contributed by atoms with Gasteiger partial charge in [0.1, 0.15) is 0 Å². The summed E-state index contributed by atoms with van der Waals surface area (Å²) in [5.41, 5.74) is -0.124. The van der Waals surface area contributed by atoms with Gasteiger partial charge in [-0.15, -0.1) is 0 Å². The Hall–Kier alpha value is -1.22. The van der Waals surface area contributed by atoms with Gasteiger partial charge in [0, 0.05) is 20.1 Å². The van der Waals surface area contributed by atoms with Crippen LogP contribution in [0.4, 0.5) is 0 Å². The molecule has 24 heavy (non-hydrogen) atoms. The minimum absolute atomic E-state index is 0. The fourth-order valence-corrected chi connectivity index (χ4v) is 3.04. The number of hydrogen-bond donors (Lipinski definition) is 0. The van der Waals surface area contributed by atoms with Gasteiger partial charge < -0.3 is 14.0 Å². The van der Waals surface area contributed by atoms with Crippen molar-refractivity contribution in [1.29, 1.82) is 0 Å². The Morgan fingerprint density at radius 1 is 1.12 bits per heavy atom. The van der Waals surface area contributed by atoms with Crippen molar-refractivity contribution in [2.24, 2.45) is 0 Å². The van der Waals surface area contributed by atoms with Crippen LogP contribution in [0.1, 0.15) is 46.4 Å². The molecule has 124 valence electrons. The van der Waals surface area contributed by atoms with Gasteiger partial charge in [0.25, 0.3) is 11.8 Å². The van der Waals surface area contributed by atoms with E-state index in [-0.39, 0.29) is 43.6 Å². The monoisotopic (exact) mass is 345 g/mol. The van der Waals surface area contributed by atoms with Gasteiger partial charge in [0.2, 0.25) is 5.52 Å². The molecule has 1 aromatic carbocycles. The normalized spacial score (nSPS) is 15.7. The van der Waals surface area contributed by atoms with Crippen molar-refractivity contribution in [3.8, 4) is 0 Å². The van der Waals surface area contributed by atoms with E-state index in [0.29, 0.717) is 30.4 Å². The summed E-state index contributed by atoms with van der Waals surface area (Å²) in [6, 6.07) is 6.64. The molecule has 2 rings (SSSR count). The molecular weight excluding hydrogens is 328 g/mol. The van der Waals surface area contributed by atoms with Crippen molar-refractivity contribution in [3.63, 3.8) is 0 Å². The molecule has 0 saturated heterocycles. The standard InChI is InChI=1S/C15H18NO6P.Li/c1-22-23(20,21)13(17)9-3-2-6-10-16-14(18)11-7-4-5-8-12(11)15(16)19;/h4-5,7-8H,2-3,6,9-10H2,1H3,(H,20,21);/q;+1/p-1. The zero-order valence-electron chi connectivity index (χ0n) is 13.7. The molecule has 1 aliphatic rings. The maximum absolute atomic E-state index is 12.1. The SMILES string of the molecule is COP(=O)([O-])C(=O)CCCCCN1C(=O)c2ccccc2C1=O.[Li+]. The van der Waals surface area contributed by atoms with E-state index >= 15 is 0 Å². The van der Waals surface area contributed by atoms with E-state index in [0.717, 1.165) is 7.11 Å². The number of rotatable bonds is 8. The Balaban J connectivity index is 0.00000288. The predicted octanol–water partition coefficient (Wildman–Crippen LogP) is -1.43. The van der Waals surface area contributed by atoms with Crippen LogP contribution in [0.2, 0.25) is 0 Å². The van der Waals surface area contributed by atoms with E-state index in [4.69, 9.17) is 0 Å². The molecule has 1 aromatic rings. The number of hydrogen-bond acceptors (Lipinski definition) is 6. The zero-order chi connectivity index (χ0) is 17.0. The number of amides is 2. The molecule has 2 amide bonds. The smallest absolute Gasteiger partial charge is 0.773 e. The Labute approximate surface area is 152 Å². The largest absolute Gasteiger partial charge is 1.00 e. The molecule has 9 heteroatoms. The van der Waals surface area contributed by atoms with Crippen LogP contribution in [0.15, 0.2) is 24.3 Å². The number of benzene rings is 1. The van der Waals surface area contributed by atoms with Crippen molar-refractivity contribution in [3.05, 3.63) is 35.4 Å². The van der Waals surface area contributed by atoms with E-state index in [2.05, 4.69) is 4.52 Å². The first-order valence-corrected chi connectivity index (χ1v) is 8.78. The van der Waals surface area contributed by atoms with Crippen LogP contribution in [-0.2, 0) is 13.9 Å². The first kappa shape index (κ1) is 20.8. The van der Waals surface area contributed by atoms with Crippen LogP contribution in [0, 0.1) is 0 Å². The fraction of sp³-hybridized carbons (Fsp3) is 0.400. The van der Waals surface area contributed by atoms with Crippen LogP contribution in [0.25, 0.3) is 0 Å². The number of fused-ring (bicyclic) bond motifs is 1. The second kappa shape index (κ2) is 8.75. The molecule has 0 fully saturated rings. The first-order valence-electron chi connectivity index (χ1n) is 7.24. The second-order valence-corrected chi connectivity index (χ2v) is 7.05. The molecule has 0 aromatic heterocycles. The van der Waals surface area contributed by atoms with Crippen LogP contribution < -0.4 is 23.8 Å². The summed E-state index contributed by atoms with van der Waals surface area (Å²) < 4.78 is 15.3. The van der Waals surface area contributed by atoms with E-state index in [1.807, 2.05) is 0 Å². The molecule has 0 bridgehead atoms. The molecule has 0 spiro atoms. The summed E-state index contributed by atoms with van der Waals surface area (Å²) >= 11 is 0. The quantitative estimate of drug-likeness (QED) is 0.248. The van der Waals surface area contributed by atoms with Gasteiger partial charge in [-0.2, -0.15) is 0 Å². The summed E-state index contributed by atoms with van der Waals surface area (Å²) in [4.78, 5) is 47.9. The zero-order valence-corrected chi connectivity index (χ0v) is 14.6. The maximum Gasteiger partial charge on any atom is 1.00 e. The molecule has 0 aliphatic carbocycles. The number of imide groups is 1. The fourth-order valence-electron chi connectivity index (χ4n) is 2.40. The average molecular weight is 345 g/mol. The minimum atomic E-state index is -4.40. The minimum Gasteiger partial charge on any atom is -0.773 e. The number of carbonyl (C=O) groups excluding carboxylic acids is 3. The van der Waals surface area contributed by atoms with Crippen molar-refractivity contribution in [2.45, 2.75) is 25.7 Å². The van der Waals surface area contributed by atoms with E-state index < -0.39 is 13.1 Å². The number of unbranched alkanes of at least 4 members (excludes halogenated alkanes) is 2. The number of carbonyl (C=O) groups is 3. The second-order valence-electron chi connectivity index (χ2n) is 5.19. The van der Waals surface area contributed by atoms with E-state index in [9.17, 15) is 23.8 Å². The van der Waals surface area contributed by atoms with Gasteiger partial charge in [0.05, 0.1) is 11.1 Å². The summed E-state index contributed by atoms with van der Waals surface area (Å²) in [7, 11) is -3.45. The van der Waals surface area contributed by atoms with Crippen LogP contribution >= 0.6 is 7.60 Å². The molecule has 0 N–H and O–H groups in total. The third kappa shape index (κ3) is 4.44. The molecular formula is C15H17LiNO6P. The molecule has 0 saturated carbocycles. The van der Waals surface area contributed by atoms with Crippen molar-refractivity contribution >= 4 is 24.9 Å². The van der Waals surface area contributed by atoms with Crippen LogP contribution in [0.5, 0.6) is 0 Å². The van der Waals surface area contributed by atoms with Gasteiger partial charge >= 0.3 is 18.9 Å². The Morgan fingerprint density at radius 3 is 2.17 bits per heavy atom. The third-order valence-electron chi connectivity index (χ3n) is 3.70. The van der Waals surface area contributed by atoms with Crippen molar-refractivity contribution in [1.82, 2.24) is 4.90 Å². The van der Waals surface area contributed by atoms with E-state index in [1.54, 1.807) is 24.3 Å². The Morgan fingerprint density at radius 2 is 1.67 bits per heavy atom. The van der Waals surface area contributed by atoms with Gasteiger partial charge in [-0.05, 0) is 25.0 Å². The van der Waals surface area contributed by atoms with E-state index in [1.165, 1.54) is 4.90 Å². The van der Waals surface area contributed by atoms with Crippen molar-refractivity contribution in [2.75, 3.05) is 13.7 Å². The van der Waals surface area contributed by atoms with Gasteiger partial charge in [-0.25, -0.2) is 0 Å².